The number of hydrogen-bond acceptors (Lipinski definition) is 10. The fraction of sp³-hybridized carbons (Fsp3) is 0.250. The number of methoxy groups -OCH3 is 3. The molecular weight excluding hydrogens is 470 g/mol. The van der Waals surface area contributed by atoms with Crippen LogP contribution in [0.15, 0.2) is 50.9 Å². The average Bonchev–Trinajstić information content (AvgIpc) is 3.32. The topological polar surface area (TPSA) is 132 Å². The van der Waals surface area contributed by atoms with Gasteiger partial charge in [-0.3, -0.25) is 0 Å². The largest absolute Gasteiger partial charge is 0.493 e. The Balaban J connectivity index is 2.18. The summed E-state index contributed by atoms with van der Waals surface area (Å²) in [5, 5.41) is 13.6. The van der Waals surface area contributed by atoms with E-state index in [1.54, 1.807) is 37.4 Å². The number of aromatic nitrogens is 2. The summed E-state index contributed by atoms with van der Waals surface area (Å²) in [5.41, 5.74) is 2.94. The van der Waals surface area contributed by atoms with Crippen LogP contribution < -0.4 is 9.47 Å². The number of ether oxygens (including phenoxy) is 3. The summed E-state index contributed by atoms with van der Waals surface area (Å²) in [6.45, 7) is 1.72. The molecule has 1 aromatic heterocycles. The molecule has 0 aliphatic carbocycles. The normalized spacial score (nSPS) is 11.7. The molecule has 2 aromatic carbocycles. The van der Waals surface area contributed by atoms with Gasteiger partial charge in [-0.2, -0.15) is 15.2 Å². The molecule has 0 unspecified atom stereocenters. The molecule has 0 atom stereocenters. The number of carbonyl (C=O) groups is 1. The number of amides is 1. The molecule has 1 heterocycles. The van der Waals surface area contributed by atoms with Crippen molar-refractivity contribution in [3.05, 3.63) is 53.4 Å². The highest BCUT2D eigenvalue weighted by atomic mass is 32.2. The van der Waals surface area contributed by atoms with Gasteiger partial charge in [0.2, 0.25) is 11.7 Å². The van der Waals surface area contributed by atoms with Crippen molar-refractivity contribution >= 4 is 34.3 Å². The summed E-state index contributed by atoms with van der Waals surface area (Å²) >= 11 is 1.23. The average molecular weight is 494 g/mol. The first-order valence-electron chi connectivity index (χ1n) is 10.3. The molecule has 0 saturated heterocycles. The number of rotatable bonds is 7. The minimum atomic E-state index is -0.761. The van der Waals surface area contributed by atoms with Gasteiger partial charge in [-0.05, 0) is 42.7 Å². The van der Waals surface area contributed by atoms with Crippen LogP contribution in [-0.2, 0) is 11.2 Å². The van der Waals surface area contributed by atoms with Gasteiger partial charge in [0.15, 0.2) is 11.5 Å². The SMILES string of the molecule is COC(=O)/N=C(SC)/C(=N/c1ccc(-c2noc(C)n2)cc1)c1cc(CC#N)c(OC)c(OC)c1. The minimum absolute atomic E-state index is 0.0855. The van der Waals surface area contributed by atoms with Gasteiger partial charge in [0.05, 0.1) is 39.5 Å². The van der Waals surface area contributed by atoms with E-state index in [9.17, 15) is 10.1 Å². The molecule has 35 heavy (non-hydrogen) atoms. The first-order chi connectivity index (χ1) is 16.9. The van der Waals surface area contributed by atoms with Gasteiger partial charge in [0, 0.05) is 23.6 Å². The third kappa shape index (κ3) is 6.04. The summed E-state index contributed by atoms with van der Waals surface area (Å²) in [5.74, 6) is 1.81. The van der Waals surface area contributed by atoms with Crippen molar-refractivity contribution in [1.29, 1.82) is 5.26 Å². The van der Waals surface area contributed by atoms with Gasteiger partial charge in [-0.15, -0.1) is 11.8 Å². The summed E-state index contributed by atoms with van der Waals surface area (Å²) < 4.78 is 20.7. The summed E-state index contributed by atoms with van der Waals surface area (Å²) in [6.07, 6.45) is 1.10. The lowest BCUT2D eigenvalue weighted by Crippen LogP contribution is -2.15. The van der Waals surface area contributed by atoms with Crippen LogP contribution in [0.3, 0.4) is 0 Å². The summed E-state index contributed by atoms with van der Waals surface area (Å²) in [7, 11) is 4.26. The summed E-state index contributed by atoms with van der Waals surface area (Å²) in [4.78, 5) is 25.0. The van der Waals surface area contributed by atoms with Gasteiger partial charge in [0.1, 0.15) is 10.8 Å². The predicted molar refractivity (Wildman–Crippen MR) is 133 cm³/mol. The Kier molecular flexibility index (Phi) is 8.58. The molecule has 3 aromatic rings. The lowest BCUT2D eigenvalue weighted by molar-refractivity contribution is 0.183. The Morgan fingerprint density at radius 2 is 1.91 bits per heavy atom. The monoisotopic (exact) mass is 493 g/mol. The number of aliphatic imine (C=N–C) groups is 2. The molecule has 0 spiro atoms. The third-order valence-electron chi connectivity index (χ3n) is 4.76. The molecule has 3 rings (SSSR count). The first-order valence-corrected chi connectivity index (χ1v) is 11.5. The van der Waals surface area contributed by atoms with E-state index in [2.05, 4.69) is 21.2 Å². The molecule has 0 fully saturated rings. The second kappa shape index (κ2) is 11.8. The number of carbonyl (C=O) groups excluding carboxylic acids is 1. The summed E-state index contributed by atoms with van der Waals surface area (Å²) in [6, 6.07) is 12.8. The standard InChI is InChI=1S/C24H23N5O5S/c1-14-26-22(29-34-14)15-6-8-18(9-7-15)27-20(23(35-5)28-24(30)33-4)17-12-16(10-11-25)21(32-3)19(13-17)31-2/h6-9,12-13H,10H2,1-5H3/b27-20+,28-23-. The predicted octanol–water partition coefficient (Wildman–Crippen LogP) is 4.78. The van der Waals surface area contributed by atoms with Gasteiger partial charge in [0.25, 0.3) is 0 Å². The molecule has 0 aliphatic rings. The highest BCUT2D eigenvalue weighted by molar-refractivity contribution is 8.15. The Hall–Kier alpha value is -4.17. The second-order valence-electron chi connectivity index (χ2n) is 6.94. The number of hydrogen-bond donors (Lipinski definition) is 0. The maximum absolute atomic E-state index is 12.0. The van der Waals surface area contributed by atoms with Crippen molar-refractivity contribution < 1.29 is 23.5 Å². The van der Waals surface area contributed by atoms with Crippen LogP contribution in [0.25, 0.3) is 11.4 Å². The van der Waals surface area contributed by atoms with Gasteiger partial charge in [-0.25, -0.2) is 9.79 Å². The van der Waals surface area contributed by atoms with E-state index in [4.69, 9.17) is 23.7 Å². The van der Waals surface area contributed by atoms with Crippen LogP contribution in [0.5, 0.6) is 11.5 Å². The van der Waals surface area contributed by atoms with E-state index in [1.807, 2.05) is 12.1 Å². The van der Waals surface area contributed by atoms with Crippen LogP contribution in [0, 0.1) is 18.3 Å². The van der Waals surface area contributed by atoms with Crippen molar-refractivity contribution in [3.8, 4) is 29.0 Å². The maximum Gasteiger partial charge on any atom is 0.434 e. The van der Waals surface area contributed by atoms with Crippen molar-refractivity contribution in [2.75, 3.05) is 27.6 Å². The highest BCUT2D eigenvalue weighted by Crippen LogP contribution is 2.34. The van der Waals surface area contributed by atoms with Gasteiger partial charge < -0.3 is 18.7 Å². The zero-order valence-electron chi connectivity index (χ0n) is 19.9. The fourth-order valence-corrected chi connectivity index (χ4v) is 3.71. The second-order valence-corrected chi connectivity index (χ2v) is 7.74. The van der Waals surface area contributed by atoms with E-state index in [1.165, 1.54) is 33.1 Å². The van der Waals surface area contributed by atoms with E-state index in [-0.39, 0.29) is 6.42 Å². The minimum Gasteiger partial charge on any atom is -0.493 e. The van der Waals surface area contributed by atoms with Gasteiger partial charge >= 0.3 is 6.09 Å². The lowest BCUT2D eigenvalue weighted by atomic mass is 10.0. The Morgan fingerprint density at radius 3 is 2.46 bits per heavy atom. The number of aryl methyl sites for hydroxylation is 1. The Morgan fingerprint density at radius 1 is 1.17 bits per heavy atom. The molecule has 0 radical (unpaired) electrons. The molecular formula is C24H23N5O5S. The quantitative estimate of drug-likeness (QED) is 0.337. The van der Waals surface area contributed by atoms with Crippen molar-refractivity contribution in [1.82, 2.24) is 10.1 Å². The van der Waals surface area contributed by atoms with E-state index in [0.29, 0.717) is 50.8 Å². The Bertz CT molecular complexity index is 1310. The van der Waals surface area contributed by atoms with Crippen molar-refractivity contribution in [3.63, 3.8) is 0 Å². The molecule has 11 heteroatoms. The maximum atomic E-state index is 12.0. The van der Waals surface area contributed by atoms with E-state index < -0.39 is 6.09 Å². The molecule has 10 nitrogen and oxygen atoms in total. The highest BCUT2D eigenvalue weighted by Gasteiger charge is 2.20. The van der Waals surface area contributed by atoms with Gasteiger partial charge in [-0.1, -0.05) is 5.16 Å². The Labute approximate surface area is 206 Å². The van der Waals surface area contributed by atoms with Crippen LogP contribution >= 0.6 is 11.8 Å². The number of benzene rings is 2. The smallest absolute Gasteiger partial charge is 0.434 e. The third-order valence-corrected chi connectivity index (χ3v) is 5.43. The number of thioether (sulfide) groups is 1. The van der Waals surface area contributed by atoms with Crippen LogP contribution in [-0.4, -0.2) is 54.6 Å². The molecule has 0 saturated carbocycles. The fourth-order valence-electron chi connectivity index (χ4n) is 3.19. The van der Waals surface area contributed by atoms with Crippen LogP contribution in [0.4, 0.5) is 10.5 Å². The lowest BCUT2D eigenvalue weighted by Gasteiger charge is -2.15. The number of nitrogens with zero attached hydrogens (tertiary/aromatic N) is 5. The molecule has 180 valence electrons. The first kappa shape index (κ1) is 25.5. The molecule has 0 N–H and O–H groups in total. The van der Waals surface area contributed by atoms with Crippen LogP contribution in [0.1, 0.15) is 17.0 Å². The van der Waals surface area contributed by atoms with Crippen molar-refractivity contribution in [2.45, 2.75) is 13.3 Å². The molecule has 0 aliphatic heterocycles. The zero-order valence-corrected chi connectivity index (χ0v) is 20.7. The molecule has 0 bridgehead atoms. The zero-order chi connectivity index (χ0) is 25.4. The van der Waals surface area contributed by atoms with Crippen LogP contribution in [0.2, 0.25) is 0 Å². The van der Waals surface area contributed by atoms with Crippen molar-refractivity contribution in [2.24, 2.45) is 9.98 Å². The van der Waals surface area contributed by atoms with E-state index in [0.717, 1.165) is 5.56 Å². The molecule has 1 amide bonds. The number of nitriles is 1. The van der Waals surface area contributed by atoms with E-state index >= 15 is 0 Å².